The first kappa shape index (κ1) is 24.1. The molecule has 180 valence electrons. The largest absolute Gasteiger partial charge is 0.465 e. The van der Waals surface area contributed by atoms with E-state index in [0.29, 0.717) is 5.92 Å². The van der Waals surface area contributed by atoms with Crippen LogP contribution in [0.3, 0.4) is 0 Å². The van der Waals surface area contributed by atoms with Gasteiger partial charge in [-0.3, -0.25) is 0 Å². The predicted octanol–water partition coefficient (Wildman–Crippen LogP) is 8.31. The lowest BCUT2D eigenvalue weighted by Crippen LogP contribution is -2.30. The number of halogens is 3. The maximum absolute atomic E-state index is 15.0. The summed E-state index contributed by atoms with van der Waals surface area (Å²) < 4.78 is 48.7. The first-order valence-electron chi connectivity index (χ1n) is 12.6. The van der Waals surface area contributed by atoms with Crippen LogP contribution in [0.4, 0.5) is 13.2 Å². The van der Waals surface area contributed by atoms with Gasteiger partial charge in [0.2, 0.25) is 0 Å². The third-order valence-electron chi connectivity index (χ3n) is 8.15. The molecule has 2 nitrogen and oxygen atoms in total. The molecule has 0 heterocycles. The molecule has 2 fully saturated rings. The molecule has 2 saturated carbocycles. The molecule has 0 saturated heterocycles. The highest BCUT2D eigenvalue weighted by Crippen LogP contribution is 2.49. The lowest BCUT2D eigenvalue weighted by molar-refractivity contribution is 0.0590. The second-order valence-electron chi connectivity index (χ2n) is 10.2. The number of carbonyl (C=O) groups excluding carboxylic acids is 1. The van der Waals surface area contributed by atoms with Gasteiger partial charge in [-0.2, -0.15) is 0 Å². The smallest absolute Gasteiger partial charge is 0.343 e. The zero-order valence-corrected chi connectivity index (χ0v) is 19.8. The molecule has 2 aliphatic rings. The Morgan fingerprint density at radius 2 is 1.70 bits per heavy atom. The molecule has 0 aliphatic heterocycles. The Bertz CT molecular complexity index is 1000. The molecule has 2 aliphatic carbocycles. The van der Waals surface area contributed by atoms with E-state index in [-0.39, 0.29) is 16.7 Å². The number of unbranched alkanes of at least 4 members (excludes halogenated alkanes) is 3. The fraction of sp³-hybridized carbons (Fsp3) is 0.607. The quantitative estimate of drug-likeness (QED) is 0.307. The Hall–Kier alpha value is -2.04. The maximum Gasteiger partial charge on any atom is 0.343 e. The molecule has 0 bridgehead atoms. The van der Waals surface area contributed by atoms with Gasteiger partial charge in [-0.1, -0.05) is 51.5 Å². The van der Waals surface area contributed by atoms with Crippen molar-refractivity contribution in [3.8, 4) is 0 Å². The topological polar surface area (TPSA) is 26.3 Å². The summed E-state index contributed by atoms with van der Waals surface area (Å²) in [4.78, 5) is 11.7. The minimum atomic E-state index is -1.19. The molecule has 0 spiro atoms. The molecule has 0 amide bonds. The van der Waals surface area contributed by atoms with E-state index in [9.17, 15) is 18.0 Å². The SMILES string of the molecule is CCCCCCC1CC[C@@H]2CC(c3cc(F)c4c(F)c(C(=O)OC)c(F)cc4c3)CC[C@H]2C1. The zero-order chi connectivity index (χ0) is 23.5. The Labute approximate surface area is 194 Å². The van der Waals surface area contributed by atoms with Crippen molar-refractivity contribution in [2.45, 2.75) is 83.5 Å². The number of esters is 1. The standard InChI is InChI=1S/C28H35F3O2/c1-3-4-5-6-7-17-8-9-19-13-20(11-10-18(19)12-17)21-14-22-16-24(30)26(28(32)33-2)27(31)25(22)23(29)15-21/h14-20H,3-13H2,1-2H3/t17?,18-,19+,20?/m0/s1. The first-order valence-corrected chi connectivity index (χ1v) is 12.6. The van der Waals surface area contributed by atoms with Crippen molar-refractivity contribution in [3.63, 3.8) is 0 Å². The summed E-state index contributed by atoms with van der Waals surface area (Å²) in [6.45, 7) is 2.25. The van der Waals surface area contributed by atoms with E-state index in [1.807, 2.05) is 0 Å². The predicted molar refractivity (Wildman–Crippen MR) is 125 cm³/mol. The second kappa shape index (κ2) is 10.5. The second-order valence-corrected chi connectivity index (χ2v) is 10.2. The number of hydrogen-bond acceptors (Lipinski definition) is 2. The first-order chi connectivity index (χ1) is 15.9. The van der Waals surface area contributed by atoms with Crippen LogP contribution < -0.4 is 0 Å². The minimum Gasteiger partial charge on any atom is -0.465 e. The zero-order valence-electron chi connectivity index (χ0n) is 19.8. The van der Waals surface area contributed by atoms with E-state index in [0.717, 1.165) is 49.8 Å². The van der Waals surface area contributed by atoms with Crippen molar-refractivity contribution in [1.29, 1.82) is 0 Å². The third-order valence-corrected chi connectivity index (χ3v) is 8.15. The van der Waals surface area contributed by atoms with Gasteiger partial charge < -0.3 is 4.74 Å². The number of hydrogen-bond donors (Lipinski definition) is 0. The molecular weight excluding hydrogens is 425 g/mol. The van der Waals surface area contributed by atoms with Gasteiger partial charge in [0.15, 0.2) is 5.82 Å². The Balaban J connectivity index is 1.48. The molecule has 0 N–H and O–H groups in total. The minimum absolute atomic E-state index is 0.158. The van der Waals surface area contributed by atoms with Crippen LogP contribution in [0.25, 0.3) is 10.8 Å². The highest BCUT2D eigenvalue weighted by Gasteiger charge is 2.36. The molecule has 4 atom stereocenters. The number of methoxy groups -OCH3 is 1. The van der Waals surface area contributed by atoms with Gasteiger partial charge in [0, 0.05) is 0 Å². The van der Waals surface area contributed by atoms with Gasteiger partial charge in [-0.25, -0.2) is 18.0 Å². The number of benzene rings is 2. The molecule has 2 aromatic rings. The average Bonchev–Trinajstić information content (AvgIpc) is 2.80. The molecular formula is C28H35F3O2. The highest BCUT2D eigenvalue weighted by molar-refractivity contribution is 5.96. The number of ether oxygens (including phenoxy) is 1. The van der Waals surface area contributed by atoms with Gasteiger partial charge in [-0.05, 0) is 78.9 Å². The number of rotatable bonds is 7. The van der Waals surface area contributed by atoms with Crippen LogP contribution in [-0.2, 0) is 4.74 Å². The Morgan fingerprint density at radius 1 is 0.939 bits per heavy atom. The summed E-state index contributed by atoms with van der Waals surface area (Å²) in [5.74, 6) is -1.63. The van der Waals surface area contributed by atoms with Crippen LogP contribution in [0.15, 0.2) is 18.2 Å². The van der Waals surface area contributed by atoms with Crippen molar-refractivity contribution in [2.75, 3.05) is 7.11 Å². The van der Waals surface area contributed by atoms with Crippen LogP contribution in [0.1, 0.15) is 99.4 Å². The molecule has 0 radical (unpaired) electrons. The van der Waals surface area contributed by atoms with Crippen molar-refractivity contribution >= 4 is 16.7 Å². The number of carbonyl (C=O) groups is 1. The lowest BCUT2D eigenvalue weighted by Gasteiger charge is -2.42. The van der Waals surface area contributed by atoms with Gasteiger partial charge in [-0.15, -0.1) is 0 Å². The van der Waals surface area contributed by atoms with E-state index in [1.165, 1.54) is 57.4 Å². The van der Waals surface area contributed by atoms with Gasteiger partial charge in [0.25, 0.3) is 0 Å². The molecule has 33 heavy (non-hydrogen) atoms. The fourth-order valence-electron chi connectivity index (χ4n) is 6.37. The summed E-state index contributed by atoms with van der Waals surface area (Å²) in [7, 11) is 1.04. The lowest BCUT2D eigenvalue weighted by atomic mass is 9.63. The van der Waals surface area contributed by atoms with Crippen LogP contribution >= 0.6 is 0 Å². The monoisotopic (exact) mass is 460 g/mol. The molecule has 0 aromatic heterocycles. The van der Waals surface area contributed by atoms with Crippen LogP contribution in [0.5, 0.6) is 0 Å². The van der Waals surface area contributed by atoms with E-state index >= 15 is 0 Å². The van der Waals surface area contributed by atoms with Crippen LogP contribution in [0, 0.1) is 35.2 Å². The molecule has 5 heteroatoms. The Kier molecular flexibility index (Phi) is 7.65. The summed E-state index contributed by atoms with van der Waals surface area (Å²) in [5.41, 5.74) is -0.0339. The van der Waals surface area contributed by atoms with Crippen molar-refractivity contribution in [3.05, 3.63) is 46.8 Å². The Morgan fingerprint density at radius 3 is 2.45 bits per heavy atom. The third kappa shape index (κ3) is 5.07. The fourth-order valence-corrected chi connectivity index (χ4v) is 6.37. The van der Waals surface area contributed by atoms with Crippen LogP contribution in [-0.4, -0.2) is 13.1 Å². The normalized spacial score (nSPS) is 25.1. The highest BCUT2D eigenvalue weighted by atomic mass is 19.1. The van der Waals surface area contributed by atoms with E-state index in [1.54, 1.807) is 6.07 Å². The van der Waals surface area contributed by atoms with Gasteiger partial charge in [0.05, 0.1) is 12.5 Å². The van der Waals surface area contributed by atoms with Crippen molar-refractivity contribution in [2.24, 2.45) is 17.8 Å². The van der Waals surface area contributed by atoms with E-state index in [2.05, 4.69) is 11.7 Å². The summed E-state index contributed by atoms with van der Waals surface area (Å²) in [5, 5.41) is -0.191. The van der Waals surface area contributed by atoms with Gasteiger partial charge >= 0.3 is 5.97 Å². The average molecular weight is 461 g/mol. The number of fused-ring (bicyclic) bond motifs is 2. The van der Waals surface area contributed by atoms with Crippen LogP contribution in [0.2, 0.25) is 0 Å². The molecule has 4 rings (SSSR count). The van der Waals surface area contributed by atoms with Gasteiger partial charge in [0.1, 0.15) is 17.2 Å². The van der Waals surface area contributed by atoms with Crippen molar-refractivity contribution < 1.29 is 22.7 Å². The summed E-state index contributed by atoms with van der Waals surface area (Å²) in [6, 6.07) is 4.14. The molecule has 2 aromatic carbocycles. The maximum atomic E-state index is 15.0. The van der Waals surface area contributed by atoms with E-state index < -0.39 is 29.0 Å². The summed E-state index contributed by atoms with van der Waals surface area (Å²) >= 11 is 0. The van der Waals surface area contributed by atoms with Crippen molar-refractivity contribution in [1.82, 2.24) is 0 Å². The summed E-state index contributed by atoms with van der Waals surface area (Å²) in [6.07, 6.45) is 13.7. The van der Waals surface area contributed by atoms with E-state index in [4.69, 9.17) is 0 Å². The molecule has 2 unspecified atom stereocenters.